The first-order chi connectivity index (χ1) is 9.67. The molecule has 0 aliphatic carbocycles. The molecule has 0 saturated heterocycles. The molecule has 0 fully saturated rings. The van der Waals surface area contributed by atoms with Crippen molar-refractivity contribution in [1.82, 2.24) is 0 Å². The molecule has 5 heteroatoms. The molecule has 4 nitrogen and oxygen atoms in total. The number of para-hydroxylation sites is 1. The molecular weight excluding hydrogens is 272 g/mol. The number of hydrogen-bond acceptors (Lipinski definition) is 5. The Morgan fingerprint density at radius 3 is 2.80 bits per heavy atom. The van der Waals surface area contributed by atoms with Crippen LogP contribution in [0.5, 0.6) is 0 Å². The standard InChI is InChI=1S/C15H18N2O2S/c1-3-12(13-8-5-9-20-13)17-14-10(15(18)19-2)6-4-7-11(14)16/h4-9,12,17H,3,16H2,1-2H3. The van der Waals surface area contributed by atoms with E-state index in [1.54, 1.807) is 29.5 Å². The van der Waals surface area contributed by atoms with Crippen molar-refractivity contribution in [3.63, 3.8) is 0 Å². The number of rotatable bonds is 5. The summed E-state index contributed by atoms with van der Waals surface area (Å²) in [5.74, 6) is -0.388. The van der Waals surface area contributed by atoms with Crippen molar-refractivity contribution in [2.75, 3.05) is 18.2 Å². The number of methoxy groups -OCH3 is 1. The summed E-state index contributed by atoms with van der Waals surface area (Å²) in [6.07, 6.45) is 0.898. The summed E-state index contributed by atoms with van der Waals surface area (Å²) in [6, 6.07) is 9.45. The molecule has 0 radical (unpaired) electrons. The van der Waals surface area contributed by atoms with Gasteiger partial charge in [-0.15, -0.1) is 11.3 Å². The Bertz CT molecular complexity index is 582. The highest BCUT2D eigenvalue weighted by Gasteiger charge is 2.18. The van der Waals surface area contributed by atoms with E-state index in [1.165, 1.54) is 12.0 Å². The summed E-state index contributed by atoms with van der Waals surface area (Å²) in [5.41, 5.74) is 7.65. The first-order valence-electron chi connectivity index (χ1n) is 6.44. The van der Waals surface area contributed by atoms with Crippen molar-refractivity contribution in [3.8, 4) is 0 Å². The zero-order valence-electron chi connectivity index (χ0n) is 11.6. The van der Waals surface area contributed by atoms with Crippen molar-refractivity contribution in [2.24, 2.45) is 0 Å². The molecule has 0 amide bonds. The van der Waals surface area contributed by atoms with Gasteiger partial charge in [-0.1, -0.05) is 19.1 Å². The molecule has 1 atom stereocenters. The third kappa shape index (κ3) is 2.93. The van der Waals surface area contributed by atoms with Crippen molar-refractivity contribution >= 4 is 28.7 Å². The molecule has 0 spiro atoms. The van der Waals surface area contributed by atoms with E-state index in [0.717, 1.165) is 6.42 Å². The first kappa shape index (κ1) is 14.4. The number of esters is 1. The van der Waals surface area contributed by atoms with Gasteiger partial charge in [0.05, 0.1) is 30.1 Å². The fourth-order valence-corrected chi connectivity index (χ4v) is 2.91. The quantitative estimate of drug-likeness (QED) is 0.651. The Hall–Kier alpha value is -2.01. The summed E-state index contributed by atoms with van der Waals surface area (Å²) in [6.45, 7) is 2.09. The van der Waals surface area contributed by atoms with E-state index in [-0.39, 0.29) is 12.0 Å². The summed E-state index contributed by atoms with van der Waals surface area (Å²) >= 11 is 1.68. The average molecular weight is 290 g/mol. The zero-order chi connectivity index (χ0) is 14.5. The van der Waals surface area contributed by atoms with Crippen LogP contribution >= 0.6 is 11.3 Å². The van der Waals surface area contributed by atoms with Crippen LogP contribution in [-0.4, -0.2) is 13.1 Å². The summed E-state index contributed by atoms with van der Waals surface area (Å²) < 4.78 is 4.81. The molecule has 0 saturated carbocycles. The number of benzene rings is 1. The number of carbonyl (C=O) groups excluding carboxylic acids is 1. The first-order valence-corrected chi connectivity index (χ1v) is 7.32. The average Bonchev–Trinajstić information content (AvgIpc) is 2.99. The van der Waals surface area contributed by atoms with Crippen molar-refractivity contribution in [2.45, 2.75) is 19.4 Å². The second kappa shape index (κ2) is 6.43. The Morgan fingerprint density at radius 2 is 2.20 bits per heavy atom. The van der Waals surface area contributed by atoms with Gasteiger partial charge in [0.1, 0.15) is 0 Å². The van der Waals surface area contributed by atoms with E-state index in [1.807, 2.05) is 11.4 Å². The number of ether oxygens (including phenoxy) is 1. The Morgan fingerprint density at radius 1 is 1.40 bits per heavy atom. The van der Waals surface area contributed by atoms with E-state index in [0.29, 0.717) is 16.9 Å². The lowest BCUT2D eigenvalue weighted by Crippen LogP contribution is -2.14. The third-order valence-electron chi connectivity index (χ3n) is 3.12. The number of nitrogens with one attached hydrogen (secondary N) is 1. The van der Waals surface area contributed by atoms with Gasteiger partial charge in [-0.2, -0.15) is 0 Å². The number of nitrogens with two attached hydrogens (primary N) is 1. The minimum atomic E-state index is -0.388. The molecular formula is C15H18N2O2S. The number of thiophene rings is 1. The lowest BCUT2D eigenvalue weighted by molar-refractivity contribution is 0.0602. The second-order valence-electron chi connectivity index (χ2n) is 4.38. The fraction of sp³-hybridized carbons (Fsp3) is 0.267. The Kier molecular flexibility index (Phi) is 4.63. The van der Waals surface area contributed by atoms with E-state index < -0.39 is 0 Å². The van der Waals surface area contributed by atoms with Gasteiger partial charge in [0, 0.05) is 4.88 Å². The van der Waals surface area contributed by atoms with Crippen LogP contribution in [0.1, 0.15) is 34.6 Å². The molecule has 0 aliphatic rings. The summed E-state index contributed by atoms with van der Waals surface area (Å²) in [5, 5.41) is 5.40. The number of carbonyl (C=O) groups is 1. The SMILES string of the molecule is CCC(Nc1c(N)cccc1C(=O)OC)c1cccs1. The second-order valence-corrected chi connectivity index (χ2v) is 5.36. The number of nitrogen functional groups attached to an aromatic ring is 1. The Balaban J connectivity index is 2.34. The lowest BCUT2D eigenvalue weighted by Gasteiger charge is -2.20. The zero-order valence-corrected chi connectivity index (χ0v) is 12.4. The molecule has 20 heavy (non-hydrogen) atoms. The molecule has 1 aromatic heterocycles. The number of hydrogen-bond donors (Lipinski definition) is 2. The highest BCUT2D eigenvalue weighted by atomic mass is 32.1. The normalized spacial score (nSPS) is 11.9. The molecule has 1 heterocycles. The van der Waals surface area contributed by atoms with Gasteiger partial charge in [0.25, 0.3) is 0 Å². The Labute approximate surface area is 122 Å². The fourth-order valence-electron chi connectivity index (χ4n) is 2.05. The van der Waals surface area contributed by atoms with Crippen molar-refractivity contribution < 1.29 is 9.53 Å². The molecule has 0 aliphatic heterocycles. The van der Waals surface area contributed by atoms with E-state index in [9.17, 15) is 4.79 Å². The smallest absolute Gasteiger partial charge is 0.340 e. The highest BCUT2D eigenvalue weighted by molar-refractivity contribution is 7.10. The highest BCUT2D eigenvalue weighted by Crippen LogP contribution is 2.31. The maximum atomic E-state index is 11.8. The molecule has 1 unspecified atom stereocenters. The van der Waals surface area contributed by atoms with Gasteiger partial charge in [-0.05, 0) is 30.0 Å². The number of anilines is 2. The third-order valence-corrected chi connectivity index (χ3v) is 4.10. The summed E-state index contributed by atoms with van der Waals surface area (Å²) in [7, 11) is 1.37. The minimum Gasteiger partial charge on any atom is -0.465 e. The van der Waals surface area contributed by atoms with Crippen LogP contribution < -0.4 is 11.1 Å². The molecule has 3 N–H and O–H groups in total. The van der Waals surface area contributed by atoms with Crippen LogP contribution in [-0.2, 0) is 4.74 Å². The van der Waals surface area contributed by atoms with Crippen molar-refractivity contribution in [3.05, 3.63) is 46.2 Å². The largest absolute Gasteiger partial charge is 0.465 e. The van der Waals surface area contributed by atoms with Crippen molar-refractivity contribution in [1.29, 1.82) is 0 Å². The summed E-state index contributed by atoms with van der Waals surface area (Å²) in [4.78, 5) is 13.0. The molecule has 2 aromatic rings. The topological polar surface area (TPSA) is 64.3 Å². The van der Waals surface area contributed by atoms with E-state index in [4.69, 9.17) is 10.5 Å². The molecule has 2 rings (SSSR count). The van der Waals surface area contributed by atoms with Gasteiger partial charge < -0.3 is 15.8 Å². The van der Waals surface area contributed by atoms with Crippen LogP contribution in [0.2, 0.25) is 0 Å². The van der Waals surface area contributed by atoms with Crippen LogP contribution in [0.4, 0.5) is 11.4 Å². The van der Waals surface area contributed by atoms with Crippen LogP contribution in [0.25, 0.3) is 0 Å². The minimum absolute atomic E-state index is 0.128. The van der Waals surface area contributed by atoms with Gasteiger partial charge in [0.15, 0.2) is 0 Å². The van der Waals surface area contributed by atoms with Gasteiger partial charge in [-0.25, -0.2) is 4.79 Å². The maximum Gasteiger partial charge on any atom is 0.340 e. The lowest BCUT2D eigenvalue weighted by atomic mass is 10.1. The van der Waals surface area contributed by atoms with Gasteiger partial charge in [-0.3, -0.25) is 0 Å². The molecule has 106 valence electrons. The van der Waals surface area contributed by atoms with Crippen LogP contribution in [0.3, 0.4) is 0 Å². The molecule has 1 aromatic carbocycles. The predicted molar refractivity (Wildman–Crippen MR) is 83.2 cm³/mol. The van der Waals surface area contributed by atoms with Gasteiger partial charge in [0.2, 0.25) is 0 Å². The maximum absolute atomic E-state index is 11.8. The van der Waals surface area contributed by atoms with E-state index in [2.05, 4.69) is 18.3 Å². The van der Waals surface area contributed by atoms with E-state index >= 15 is 0 Å². The van der Waals surface area contributed by atoms with Crippen LogP contribution in [0, 0.1) is 0 Å². The van der Waals surface area contributed by atoms with Gasteiger partial charge >= 0.3 is 5.97 Å². The monoisotopic (exact) mass is 290 g/mol. The van der Waals surface area contributed by atoms with Crippen LogP contribution in [0.15, 0.2) is 35.7 Å². The predicted octanol–water partition coefficient (Wildman–Crippen LogP) is 3.68. The molecule has 0 bridgehead atoms.